The Labute approximate surface area is 175 Å². The van der Waals surface area contributed by atoms with Gasteiger partial charge in [-0.15, -0.1) is 0 Å². The van der Waals surface area contributed by atoms with E-state index >= 15 is 4.39 Å². The number of methoxy groups -OCH3 is 1. The summed E-state index contributed by atoms with van der Waals surface area (Å²) in [5, 5.41) is 11.7. The maximum Gasteiger partial charge on any atom is 0.509 e. The number of aromatic nitrogens is 2. The average molecular weight is 433 g/mol. The highest BCUT2D eigenvalue weighted by atomic mass is 19.1. The molecule has 0 spiro atoms. The first-order valence-corrected chi connectivity index (χ1v) is 9.86. The Hall–Kier alpha value is -3.21. The number of carbonyl (C=O) groups is 2. The Morgan fingerprint density at radius 3 is 2.71 bits per heavy atom. The number of halogens is 1. The van der Waals surface area contributed by atoms with Gasteiger partial charge in [0.05, 0.1) is 36.5 Å². The number of ether oxygens (including phenoxy) is 4. The number of hydrogen-bond acceptors (Lipinski definition) is 8. The minimum Gasteiger partial charge on any atom is -0.481 e. The van der Waals surface area contributed by atoms with Gasteiger partial charge in [0, 0.05) is 6.07 Å². The zero-order valence-corrected chi connectivity index (χ0v) is 16.6. The van der Waals surface area contributed by atoms with Crippen molar-refractivity contribution in [3.05, 3.63) is 29.7 Å². The molecular formula is C20H20FN3O7. The number of amides is 1. The quantitative estimate of drug-likeness (QED) is 0.699. The lowest BCUT2D eigenvalue weighted by atomic mass is 9.67. The molecule has 0 aromatic carbocycles. The first-order valence-electron chi connectivity index (χ1n) is 9.86. The van der Waals surface area contributed by atoms with E-state index in [1.807, 2.05) is 0 Å². The van der Waals surface area contributed by atoms with Gasteiger partial charge < -0.3 is 29.4 Å². The molecule has 2 atom stereocenters. The monoisotopic (exact) mass is 433 g/mol. The second-order valence-corrected chi connectivity index (χ2v) is 8.13. The summed E-state index contributed by atoms with van der Waals surface area (Å²) in [6.07, 6.45) is -1.15. The molecule has 1 aliphatic carbocycles. The van der Waals surface area contributed by atoms with Crippen molar-refractivity contribution in [1.82, 2.24) is 15.3 Å². The van der Waals surface area contributed by atoms with Gasteiger partial charge in [-0.1, -0.05) is 0 Å². The predicted octanol–water partition coefficient (Wildman–Crippen LogP) is 2.70. The van der Waals surface area contributed by atoms with Crippen molar-refractivity contribution in [1.29, 1.82) is 0 Å². The van der Waals surface area contributed by atoms with Crippen LogP contribution in [0.3, 0.4) is 0 Å². The number of fused-ring (bicyclic) bond motifs is 4. The van der Waals surface area contributed by atoms with Gasteiger partial charge in [-0.25, -0.2) is 19.0 Å². The number of nitrogens with zero attached hydrogens (tertiary/aromatic N) is 2. The molecule has 2 aromatic heterocycles. The van der Waals surface area contributed by atoms with Gasteiger partial charge in [-0.2, -0.15) is 0 Å². The van der Waals surface area contributed by atoms with Gasteiger partial charge >= 0.3 is 12.2 Å². The number of rotatable bonds is 4. The molecule has 31 heavy (non-hydrogen) atoms. The largest absolute Gasteiger partial charge is 0.509 e. The minimum absolute atomic E-state index is 0.0452. The Bertz CT molecular complexity index is 1050. The van der Waals surface area contributed by atoms with Crippen LogP contribution in [0.1, 0.15) is 37.4 Å². The maximum absolute atomic E-state index is 15.0. The average Bonchev–Trinajstić information content (AvgIpc) is 3.15. The third-order valence-corrected chi connectivity index (χ3v) is 6.47. The second kappa shape index (κ2) is 6.91. The van der Waals surface area contributed by atoms with Crippen LogP contribution in [0.2, 0.25) is 0 Å². The summed E-state index contributed by atoms with van der Waals surface area (Å²) in [7, 11) is 1.44. The molecule has 11 heteroatoms. The zero-order valence-electron chi connectivity index (χ0n) is 16.6. The topological polar surface area (TPSA) is 129 Å². The van der Waals surface area contributed by atoms with E-state index in [1.165, 1.54) is 7.11 Å². The van der Waals surface area contributed by atoms with Crippen LogP contribution in [-0.2, 0) is 14.2 Å². The highest BCUT2D eigenvalue weighted by Crippen LogP contribution is 2.51. The lowest BCUT2D eigenvalue weighted by Gasteiger charge is -2.54. The van der Waals surface area contributed by atoms with E-state index in [1.54, 1.807) is 12.1 Å². The Kier molecular flexibility index (Phi) is 4.40. The Morgan fingerprint density at radius 1 is 1.29 bits per heavy atom. The number of cyclic esters (lactones) is 2. The highest BCUT2D eigenvalue weighted by molar-refractivity contribution is 5.80. The van der Waals surface area contributed by atoms with Crippen LogP contribution in [0.4, 0.5) is 14.0 Å². The van der Waals surface area contributed by atoms with Gasteiger partial charge in [-0.05, 0) is 31.7 Å². The molecule has 4 fully saturated rings. The summed E-state index contributed by atoms with van der Waals surface area (Å²) < 4.78 is 37.2. The molecule has 2 N–H and O–H groups in total. The van der Waals surface area contributed by atoms with Gasteiger partial charge in [0.1, 0.15) is 11.1 Å². The molecule has 2 unspecified atom stereocenters. The SMILES string of the molecule is COc1ccc2ncc(F)c(C3OC(=O)OC3C34CCC(NC(=O)O)(CC3)CO4)c2n1. The van der Waals surface area contributed by atoms with E-state index in [-0.39, 0.29) is 23.6 Å². The van der Waals surface area contributed by atoms with Crippen LogP contribution in [0.5, 0.6) is 5.88 Å². The maximum atomic E-state index is 15.0. The van der Waals surface area contributed by atoms with Crippen LogP contribution < -0.4 is 10.1 Å². The fourth-order valence-corrected chi connectivity index (χ4v) is 4.86. The van der Waals surface area contributed by atoms with Crippen molar-refractivity contribution in [3.63, 3.8) is 0 Å². The molecular weight excluding hydrogens is 413 g/mol. The summed E-state index contributed by atoms with van der Waals surface area (Å²) in [6, 6.07) is 3.24. The van der Waals surface area contributed by atoms with Gasteiger partial charge in [0.2, 0.25) is 5.88 Å². The van der Waals surface area contributed by atoms with Gasteiger partial charge in [0.15, 0.2) is 18.0 Å². The summed E-state index contributed by atoms with van der Waals surface area (Å²) in [5.41, 5.74) is -0.925. The van der Waals surface area contributed by atoms with E-state index < -0.39 is 41.4 Å². The minimum atomic E-state index is -1.11. The summed E-state index contributed by atoms with van der Waals surface area (Å²) in [4.78, 5) is 31.7. The van der Waals surface area contributed by atoms with E-state index in [9.17, 15) is 9.59 Å². The van der Waals surface area contributed by atoms with Crippen LogP contribution >= 0.6 is 0 Å². The highest BCUT2D eigenvalue weighted by Gasteiger charge is 2.60. The van der Waals surface area contributed by atoms with Gasteiger partial charge in [-0.3, -0.25) is 4.98 Å². The summed E-state index contributed by atoms with van der Waals surface area (Å²) in [5.74, 6) is -0.427. The molecule has 0 radical (unpaired) electrons. The molecule has 4 aliphatic rings. The first kappa shape index (κ1) is 19.7. The molecule has 164 valence electrons. The van der Waals surface area contributed by atoms with Crippen molar-refractivity contribution in [2.45, 2.75) is 49.0 Å². The summed E-state index contributed by atoms with van der Waals surface area (Å²) in [6.45, 7) is 0.131. The molecule has 3 aliphatic heterocycles. The third-order valence-electron chi connectivity index (χ3n) is 6.47. The van der Waals surface area contributed by atoms with Crippen LogP contribution in [0, 0.1) is 5.82 Å². The number of carboxylic acid groups (broad SMARTS) is 1. The molecule has 3 saturated heterocycles. The summed E-state index contributed by atoms with van der Waals surface area (Å²) >= 11 is 0. The molecule has 2 bridgehead atoms. The fraction of sp³-hybridized carbons (Fsp3) is 0.500. The number of pyridine rings is 2. The van der Waals surface area contributed by atoms with Crippen molar-refractivity contribution in [2.75, 3.05) is 13.7 Å². The molecule has 1 amide bonds. The van der Waals surface area contributed by atoms with Gasteiger partial charge in [0.25, 0.3) is 0 Å². The lowest BCUT2D eigenvalue weighted by Crippen LogP contribution is -2.66. The Balaban J connectivity index is 1.53. The fourth-order valence-electron chi connectivity index (χ4n) is 4.86. The number of carbonyl (C=O) groups excluding carboxylic acids is 1. The van der Waals surface area contributed by atoms with E-state index in [0.717, 1.165) is 6.20 Å². The second-order valence-electron chi connectivity index (χ2n) is 8.13. The first-order chi connectivity index (χ1) is 14.8. The molecule has 2 aromatic rings. The lowest BCUT2D eigenvalue weighted by molar-refractivity contribution is -0.207. The van der Waals surface area contributed by atoms with Crippen molar-refractivity contribution >= 4 is 23.3 Å². The van der Waals surface area contributed by atoms with Crippen LogP contribution in [-0.4, -0.2) is 58.3 Å². The predicted molar refractivity (Wildman–Crippen MR) is 101 cm³/mol. The van der Waals surface area contributed by atoms with Crippen LogP contribution in [0.25, 0.3) is 11.0 Å². The third kappa shape index (κ3) is 3.11. The molecule has 6 rings (SSSR count). The van der Waals surface area contributed by atoms with Crippen molar-refractivity contribution in [3.8, 4) is 5.88 Å². The molecule has 5 heterocycles. The van der Waals surface area contributed by atoms with Crippen LogP contribution in [0.15, 0.2) is 18.3 Å². The van der Waals surface area contributed by atoms with Crippen molar-refractivity contribution < 1.29 is 38.0 Å². The normalized spacial score (nSPS) is 31.9. The number of hydrogen-bond donors (Lipinski definition) is 2. The molecule has 10 nitrogen and oxygen atoms in total. The van der Waals surface area contributed by atoms with E-state index in [4.69, 9.17) is 24.1 Å². The van der Waals surface area contributed by atoms with Crippen molar-refractivity contribution in [2.24, 2.45) is 0 Å². The molecule has 1 saturated carbocycles. The standard InChI is InChI=1S/C20H20FN3O7/c1-28-12-3-2-11-14(23-12)13(10(21)8-22-11)15-16(31-18(27)30-15)20-6-4-19(5-7-20,9-29-20)24-17(25)26/h2-3,8,15-16,24H,4-7,9H2,1H3,(H,25,26). The van der Waals surface area contributed by atoms with E-state index in [2.05, 4.69) is 15.3 Å². The Morgan fingerprint density at radius 2 is 2.06 bits per heavy atom. The zero-order chi connectivity index (χ0) is 21.8. The smallest absolute Gasteiger partial charge is 0.481 e. The van der Waals surface area contributed by atoms with E-state index in [0.29, 0.717) is 31.2 Å². The number of nitrogens with one attached hydrogen (secondary N) is 1.